The van der Waals surface area contributed by atoms with Crippen molar-refractivity contribution in [2.24, 2.45) is 0 Å². The Labute approximate surface area is 127 Å². The van der Waals surface area contributed by atoms with Crippen LogP contribution in [0.4, 0.5) is 0 Å². The maximum Gasteiger partial charge on any atom is 0.325 e. The largest absolute Gasteiger partial charge is 0.465 e. The molecular formula is C13H27N3O4S. The molecule has 0 radical (unpaired) electrons. The van der Waals surface area contributed by atoms with Crippen LogP contribution in [-0.4, -0.2) is 68.4 Å². The van der Waals surface area contributed by atoms with Crippen LogP contribution in [0, 0.1) is 0 Å². The molecule has 1 saturated heterocycles. The van der Waals surface area contributed by atoms with Gasteiger partial charge >= 0.3 is 5.97 Å². The Morgan fingerprint density at radius 1 is 1.29 bits per heavy atom. The fraction of sp³-hybridized carbons (Fsp3) is 0.923. The molecular weight excluding hydrogens is 294 g/mol. The summed E-state index contributed by atoms with van der Waals surface area (Å²) in [4.78, 5) is 12.0. The van der Waals surface area contributed by atoms with Gasteiger partial charge in [0.2, 0.25) is 0 Å². The smallest absolute Gasteiger partial charge is 0.325 e. The third-order valence-electron chi connectivity index (χ3n) is 3.32. The van der Waals surface area contributed by atoms with E-state index in [1.54, 1.807) is 6.92 Å². The Balaban J connectivity index is 2.97. The Morgan fingerprint density at radius 3 is 2.43 bits per heavy atom. The molecule has 0 aromatic rings. The van der Waals surface area contributed by atoms with E-state index in [-0.39, 0.29) is 13.2 Å². The Bertz CT molecular complexity index is 421. The second kappa shape index (κ2) is 8.67. The zero-order valence-electron chi connectivity index (χ0n) is 13.2. The lowest BCUT2D eigenvalue weighted by Crippen LogP contribution is -2.60. The summed E-state index contributed by atoms with van der Waals surface area (Å²) in [6, 6.07) is -0.778. The summed E-state index contributed by atoms with van der Waals surface area (Å²) in [6.07, 6.45) is 1.49. The molecule has 21 heavy (non-hydrogen) atoms. The van der Waals surface area contributed by atoms with Gasteiger partial charge in [0.1, 0.15) is 6.04 Å². The van der Waals surface area contributed by atoms with Gasteiger partial charge in [-0.3, -0.25) is 4.79 Å². The fourth-order valence-electron chi connectivity index (χ4n) is 2.39. The minimum absolute atomic E-state index is 0.247. The van der Waals surface area contributed by atoms with Gasteiger partial charge in [-0.25, -0.2) is 0 Å². The van der Waals surface area contributed by atoms with Crippen molar-refractivity contribution < 1.29 is 17.9 Å². The van der Waals surface area contributed by atoms with Crippen molar-refractivity contribution in [3.63, 3.8) is 0 Å². The van der Waals surface area contributed by atoms with Gasteiger partial charge in [0, 0.05) is 32.7 Å². The molecule has 0 spiro atoms. The van der Waals surface area contributed by atoms with Crippen LogP contribution in [0.3, 0.4) is 0 Å². The molecule has 7 nitrogen and oxygen atoms in total. The molecule has 0 saturated carbocycles. The quantitative estimate of drug-likeness (QED) is 0.646. The normalized spacial score (nSPS) is 20.7. The topological polar surface area (TPSA) is 79.0 Å². The van der Waals surface area contributed by atoms with E-state index in [9.17, 15) is 13.2 Å². The fourth-order valence-corrected chi connectivity index (χ4v) is 4.32. The van der Waals surface area contributed by atoms with E-state index < -0.39 is 22.2 Å². The standard InChI is InChI=1S/C13H27N3O4S/c1-4-8-15(9-5-2)21(18,19)16-10-7-14-11-12(16)13(17)20-6-3/h12,14H,4-11H2,1-3H3. The molecule has 0 aliphatic carbocycles. The average molecular weight is 321 g/mol. The van der Waals surface area contributed by atoms with Gasteiger partial charge in [-0.2, -0.15) is 17.0 Å². The highest BCUT2D eigenvalue weighted by Gasteiger charge is 2.40. The van der Waals surface area contributed by atoms with Crippen LogP contribution in [0.25, 0.3) is 0 Å². The molecule has 1 heterocycles. The van der Waals surface area contributed by atoms with E-state index in [1.165, 1.54) is 8.61 Å². The Hall–Kier alpha value is -0.700. The molecule has 1 N–H and O–H groups in total. The van der Waals surface area contributed by atoms with E-state index in [0.29, 0.717) is 26.2 Å². The number of rotatable bonds is 8. The maximum absolute atomic E-state index is 12.8. The van der Waals surface area contributed by atoms with Crippen LogP contribution >= 0.6 is 0 Å². The molecule has 1 aliphatic rings. The van der Waals surface area contributed by atoms with Crippen LogP contribution in [0.5, 0.6) is 0 Å². The van der Waals surface area contributed by atoms with E-state index in [0.717, 1.165) is 12.8 Å². The number of piperazine rings is 1. The molecule has 0 aromatic carbocycles. The van der Waals surface area contributed by atoms with Crippen molar-refractivity contribution >= 4 is 16.2 Å². The van der Waals surface area contributed by atoms with Crippen molar-refractivity contribution in [3.05, 3.63) is 0 Å². The average Bonchev–Trinajstić information content (AvgIpc) is 2.47. The minimum Gasteiger partial charge on any atom is -0.465 e. The van der Waals surface area contributed by atoms with Gasteiger partial charge in [-0.1, -0.05) is 13.8 Å². The van der Waals surface area contributed by atoms with Crippen molar-refractivity contribution in [3.8, 4) is 0 Å². The third-order valence-corrected chi connectivity index (χ3v) is 5.37. The molecule has 8 heteroatoms. The Kier molecular flexibility index (Phi) is 7.58. The highest BCUT2D eigenvalue weighted by Crippen LogP contribution is 2.16. The molecule has 0 amide bonds. The van der Waals surface area contributed by atoms with E-state index in [2.05, 4.69) is 5.32 Å². The number of carbonyl (C=O) groups is 1. The van der Waals surface area contributed by atoms with Crippen LogP contribution in [0.15, 0.2) is 0 Å². The van der Waals surface area contributed by atoms with Gasteiger partial charge in [-0.05, 0) is 19.8 Å². The summed E-state index contributed by atoms with van der Waals surface area (Å²) in [5.74, 6) is -0.485. The van der Waals surface area contributed by atoms with Crippen LogP contribution in [-0.2, 0) is 19.7 Å². The first kappa shape index (κ1) is 18.3. The summed E-state index contributed by atoms with van der Waals surface area (Å²) < 4.78 is 33.4. The zero-order valence-corrected chi connectivity index (χ0v) is 14.0. The number of nitrogens with zero attached hydrogens (tertiary/aromatic N) is 2. The summed E-state index contributed by atoms with van der Waals surface area (Å²) in [5, 5.41) is 3.05. The SMILES string of the molecule is CCCN(CCC)S(=O)(=O)N1CCNCC1C(=O)OCC. The van der Waals surface area contributed by atoms with E-state index in [1.807, 2.05) is 13.8 Å². The highest BCUT2D eigenvalue weighted by atomic mass is 32.2. The number of nitrogens with one attached hydrogen (secondary N) is 1. The van der Waals surface area contributed by atoms with Crippen molar-refractivity contribution in [1.29, 1.82) is 0 Å². The predicted molar refractivity (Wildman–Crippen MR) is 81.1 cm³/mol. The van der Waals surface area contributed by atoms with Gasteiger partial charge < -0.3 is 10.1 Å². The van der Waals surface area contributed by atoms with E-state index in [4.69, 9.17) is 4.74 Å². The van der Waals surface area contributed by atoms with Crippen molar-refractivity contribution in [2.45, 2.75) is 39.7 Å². The van der Waals surface area contributed by atoms with Crippen LogP contribution in [0.2, 0.25) is 0 Å². The molecule has 1 rings (SSSR count). The lowest BCUT2D eigenvalue weighted by molar-refractivity contribution is -0.148. The highest BCUT2D eigenvalue weighted by molar-refractivity contribution is 7.86. The summed E-state index contributed by atoms with van der Waals surface area (Å²) >= 11 is 0. The maximum atomic E-state index is 12.8. The number of carbonyl (C=O) groups excluding carboxylic acids is 1. The Morgan fingerprint density at radius 2 is 1.90 bits per heavy atom. The minimum atomic E-state index is -3.64. The van der Waals surface area contributed by atoms with Crippen LogP contribution in [0.1, 0.15) is 33.6 Å². The van der Waals surface area contributed by atoms with Crippen molar-refractivity contribution in [2.75, 3.05) is 39.3 Å². The summed E-state index contributed by atoms with van der Waals surface area (Å²) in [6.45, 7) is 7.91. The number of hydrogen-bond donors (Lipinski definition) is 1. The molecule has 0 bridgehead atoms. The second-order valence-corrected chi connectivity index (χ2v) is 6.87. The molecule has 1 atom stereocenters. The molecule has 1 unspecified atom stereocenters. The molecule has 1 fully saturated rings. The van der Waals surface area contributed by atoms with Gasteiger partial charge in [0.25, 0.3) is 10.2 Å². The van der Waals surface area contributed by atoms with Crippen molar-refractivity contribution in [1.82, 2.24) is 13.9 Å². The predicted octanol–water partition coefficient (Wildman–Crippen LogP) is 0.190. The summed E-state index contributed by atoms with van der Waals surface area (Å²) in [7, 11) is -3.64. The van der Waals surface area contributed by atoms with Gasteiger partial charge in [0.05, 0.1) is 6.61 Å². The first-order valence-electron chi connectivity index (χ1n) is 7.63. The molecule has 0 aromatic heterocycles. The monoisotopic (exact) mass is 321 g/mol. The number of ether oxygens (including phenoxy) is 1. The summed E-state index contributed by atoms with van der Waals surface area (Å²) in [5.41, 5.74) is 0. The molecule has 124 valence electrons. The third kappa shape index (κ3) is 4.64. The first-order valence-corrected chi connectivity index (χ1v) is 9.02. The molecule has 1 aliphatic heterocycles. The van der Waals surface area contributed by atoms with Gasteiger partial charge in [0.15, 0.2) is 0 Å². The number of esters is 1. The van der Waals surface area contributed by atoms with Crippen LogP contribution < -0.4 is 5.32 Å². The zero-order chi connectivity index (χ0) is 15.9. The van der Waals surface area contributed by atoms with Gasteiger partial charge in [-0.15, -0.1) is 0 Å². The first-order chi connectivity index (χ1) is 9.98. The lowest BCUT2D eigenvalue weighted by atomic mass is 10.2. The van der Waals surface area contributed by atoms with E-state index >= 15 is 0 Å². The lowest BCUT2D eigenvalue weighted by Gasteiger charge is -2.36. The second-order valence-electron chi connectivity index (χ2n) is 4.99. The number of hydrogen-bond acceptors (Lipinski definition) is 5.